The molecule has 3 aliphatic rings. The number of benzene rings is 2. The van der Waals surface area contributed by atoms with E-state index in [2.05, 4.69) is 85.7 Å². The van der Waals surface area contributed by atoms with Crippen molar-refractivity contribution in [2.45, 2.75) is 63.1 Å². The van der Waals surface area contributed by atoms with Gasteiger partial charge in [0, 0.05) is 24.9 Å². The Morgan fingerprint density at radius 2 is 1.51 bits per heavy atom. The van der Waals surface area contributed by atoms with E-state index in [1.807, 2.05) is 18.3 Å². The first-order valence-corrected chi connectivity index (χ1v) is 19.6. The van der Waals surface area contributed by atoms with Crippen LogP contribution in [-0.4, -0.2) is 79.1 Å². The second kappa shape index (κ2) is 16.2. The largest absolute Gasteiger partial charge is 0.453 e. The maximum Gasteiger partial charge on any atom is 0.407 e. The summed E-state index contributed by atoms with van der Waals surface area (Å²) in [6.07, 6.45) is 11.1. The number of carbonyl (C=O) groups is 3. The second-order valence-electron chi connectivity index (χ2n) is 15.5. The number of H-pyrrole nitrogens is 2. The van der Waals surface area contributed by atoms with Crippen molar-refractivity contribution in [2.75, 3.05) is 20.3 Å². The Bertz CT molecular complexity index is 2230. The first kappa shape index (κ1) is 37.8. The van der Waals surface area contributed by atoms with E-state index in [-0.39, 0.29) is 36.3 Å². The normalized spacial score (nSPS) is 22.2. The van der Waals surface area contributed by atoms with Gasteiger partial charge in [0.1, 0.15) is 17.7 Å². The summed E-state index contributed by atoms with van der Waals surface area (Å²) in [5, 5.41) is 15.8. The fourth-order valence-electron chi connectivity index (χ4n) is 9.19. The highest BCUT2D eigenvalue weighted by Crippen LogP contribution is 2.56. The lowest BCUT2D eigenvalue weighted by Gasteiger charge is -2.30. The Hall–Kier alpha value is -6.08. The fraction of sp³-hybridized carbons (Fsp3) is 0.364. The van der Waals surface area contributed by atoms with E-state index in [1.165, 1.54) is 7.11 Å². The van der Waals surface area contributed by atoms with Gasteiger partial charge in [-0.15, -0.1) is 0 Å². The number of alkyl carbamates (subject to hydrolysis) is 1. The molecule has 0 unspecified atom stereocenters. The van der Waals surface area contributed by atoms with Crippen molar-refractivity contribution in [3.63, 3.8) is 0 Å². The molecule has 57 heavy (non-hydrogen) atoms. The molecule has 4 heterocycles. The zero-order valence-electron chi connectivity index (χ0n) is 32.2. The molecule has 1 aliphatic heterocycles. The Morgan fingerprint density at radius 1 is 0.877 bits per heavy atom. The molecule has 13 nitrogen and oxygen atoms in total. The highest BCUT2D eigenvalue weighted by Gasteiger charge is 2.52. The van der Waals surface area contributed by atoms with Crippen molar-refractivity contribution in [1.29, 1.82) is 0 Å². The molecule has 3 amide bonds. The van der Waals surface area contributed by atoms with Gasteiger partial charge < -0.3 is 35.3 Å². The molecule has 294 valence electrons. The maximum absolute atomic E-state index is 13.8. The Kier molecular flexibility index (Phi) is 10.7. The van der Waals surface area contributed by atoms with Crippen LogP contribution in [0.3, 0.4) is 0 Å². The molecule has 2 aliphatic carbocycles. The van der Waals surface area contributed by atoms with E-state index in [1.54, 1.807) is 30.4 Å². The van der Waals surface area contributed by atoms with Crippen molar-refractivity contribution in [3.8, 4) is 33.6 Å². The number of aromatic nitrogens is 5. The monoisotopic (exact) mass is 768 g/mol. The van der Waals surface area contributed by atoms with Crippen LogP contribution >= 0.6 is 0 Å². The van der Waals surface area contributed by atoms with Crippen molar-refractivity contribution >= 4 is 17.9 Å². The number of hydrogen-bond donors (Lipinski definition) is 5. The zero-order chi connectivity index (χ0) is 39.6. The van der Waals surface area contributed by atoms with Crippen LogP contribution in [-0.2, 0) is 14.3 Å². The average Bonchev–Trinajstić information content (AvgIpc) is 4.10. The average molecular weight is 769 g/mol. The van der Waals surface area contributed by atoms with Crippen LogP contribution in [0, 0.1) is 17.8 Å². The topological polar surface area (TPSA) is 178 Å². The Morgan fingerprint density at radius 3 is 2.12 bits per heavy atom. The van der Waals surface area contributed by atoms with Crippen molar-refractivity contribution in [2.24, 2.45) is 17.8 Å². The number of fused-ring (bicyclic) bond motifs is 2. The van der Waals surface area contributed by atoms with Gasteiger partial charge in [0.05, 0.1) is 55.5 Å². The van der Waals surface area contributed by atoms with Gasteiger partial charge in [0.15, 0.2) is 0 Å². The van der Waals surface area contributed by atoms with E-state index in [0.717, 1.165) is 77.1 Å². The highest BCUT2D eigenvalue weighted by atomic mass is 16.5. The number of amides is 3. The van der Waals surface area contributed by atoms with Gasteiger partial charge in [-0.3, -0.25) is 14.6 Å². The molecule has 8 rings (SSSR count). The number of pyridine rings is 1. The minimum absolute atomic E-state index is 0.00158. The molecular formula is C44H48N8O5. The molecule has 2 saturated carbocycles. The molecule has 5 N–H and O–H groups in total. The standard InChI is InChI=1S/C44H48N8O5/c1-25(2)39(51-44(56)57-3)43(55)52-19-5-7-36(52)40-46-22-33(48-40)28-12-8-26(9-13-28)27-10-14-29(15-11-27)34-23-47-41(49-34)37-30-16-17-31(20-30)38(37)42(54)50-35(24-53)32-6-4-18-45-21-32/h4,6,8-15,18,21-23,30-31,35-39,53H,1,5,7,16-17,19-20,24H2,2-3H3,(H,46,48)(H,47,49)(H,50,54)(H,51,56)/t30-,31+,35-,36-,37+,38+,39-/m0/s1. The van der Waals surface area contributed by atoms with Gasteiger partial charge in [-0.2, -0.15) is 0 Å². The summed E-state index contributed by atoms with van der Waals surface area (Å²) < 4.78 is 4.72. The van der Waals surface area contributed by atoms with E-state index >= 15 is 0 Å². The number of aromatic amines is 2. The quantitative estimate of drug-likeness (QED) is 0.0897. The number of methoxy groups -OCH3 is 1. The van der Waals surface area contributed by atoms with Crippen molar-refractivity contribution in [3.05, 3.63) is 115 Å². The summed E-state index contributed by atoms with van der Waals surface area (Å²) in [5.74, 6) is 1.77. The zero-order valence-corrected chi connectivity index (χ0v) is 32.2. The molecule has 3 aromatic heterocycles. The lowest BCUT2D eigenvalue weighted by Crippen LogP contribution is -2.49. The number of rotatable bonds is 12. The highest BCUT2D eigenvalue weighted by molar-refractivity contribution is 5.89. The number of nitrogens with zero attached hydrogens (tertiary/aromatic N) is 4. The molecule has 7 atom stereocenters. The van der Waals surface area contributed by atoms with Gasteiger partial charge in [0.25, 0.3) is 0 Å². The van der Waals surface area contributed by atoms with Crippen LogP contribution in [0.15, 0.2) is 97.6 Å². The molecule has 1 saturated heterocycles. The molecule has 2 bridgehead atoms. The summed E-state index contributed by atoms with van der Waals surface area (Å²) in [4.78, 5) is 61.6. The molecule has 2 aromatic carbocycles. The van der Waals surface area contributed by atoms with Gasteiger partial charge in [-0.25, -0.2) is 14.8 Å². The first-order valence-electron chi connectivity index (χ1n) is 19.6. The van der Waals surface area contributed by atoms with E-state index in [4.69, 9.17) is 9.72 Å². The van der Waals surface area contributed by atoms with Crippen LogP contribution in [0.25, 0.3) is 33.6 Å². The Balaban J connectivity index is 0.926. The minimum atomic E-state index is -0.878. The lowest BCUT2D eigenvalue weighted by molar-refractivity contribution is -0.133. The number of ether oxygens (including phenoxy) is 1. The molecule has 3 fully saturated rings. The molecule has 0 spiro atoms. The molecule has 0 radical (unpaired) electrons. The van der Waals surface area contributed by atoms with Gasteiger partial charge in [-0.05, 0) is 90.3 Å². The maximum atomic E-state index is 13.8. The van der Waals surface area contributed by atoms with Crippen molar-refractivity contribution < 1.29 is 24.2 Å². The summed E-state index contributed by atoms with van der Waals surface area (Å²) in [5.41, 5.74) is 7.18. The summed E-state index contributed by atoms with van der Waals surface area (Å²) in [6, 6.07) is 18.7. The SMILES string of the molecule is C=C(C)[C@H](NC(=O)OC)C(=O)N1CCC[C@H]1c1ncc(-c2ccc(-c3ccc(-c4cnc([C@@H]5[C@H]6CC[C@H](C6)[C@H]5C(=O)N[C@@H](CO)c5cccnc5)[nH]4)cc3)cc2)[nH]1. The molecule has 13 heteroatoms. The number of hydrogen-bond acceptors (Lipinski definition) is 8. The molecule has 5 aromatic rings. The smallest absolute Gasteiger partial charge is 0.407 e. The summed E-state index contributed by atoms with van der Waals surface area (Å²) in [6.45, 7) is 5.98. The number of carbonyl (C=O) groups excluding carboxylic acids is 3. The number of likely N-dealkylation sites (tertiary alicyclic amines) is 1. The predicted octanol–water partition coefficient (Wildman–Crippen LogP) is 6.47. The van der Waals surface area contributed by atoms with Crippen LogP contribution in [0.4, 0.5) is 4.79 Å². The fourth-order valence-corrected chi connectivity index (χ4v) is 9.19. The number of aliphatic hydroxyl groups excluding tert-OH is 1. The lowest BCUT2D eigenvalue weighted by atomic mass is 9.78. The van der Waals surface area contributed by atoms with Gasteiger partial charge in [-0.1, -0.05) is 61.2 Å². The summed E-state index contributed by atoms with van der Waals surface area (Å²) >= 11 is 0. The van der Waals surface area contributed by atoms with Crippen LogP contribution < -0.4 is 10.6 Å². The van der Waals surface area contributed by atoms with Gasteiger partial charge >= 0.3 is 6.09 Å². The van der Waals surface area contributed by atoms with E-state index in [0.29, 0.717) is 29.8 Å². The third kappa shape index (κ3) is 7.59. The van der Waals surface area contributed by atoms with Crippen molar-refractivity contribution in [1.82, 2.24) is 40.5 Å². The third-order valence-corrected chi connectivity index (χ3v) is 12.1. The number of aliphatic hydroxyl groups is 1. The van der Waals surface area contributed by atoms with Crippen LogP contribution in [0.5, 0.6) is 0 Å². The van der Waals surface area contributed by atoms with E-state index in [9.17, 15) is 19.5 Å². The first-order chi connectivity index (χ1) is 27.7. The van der Waals surface area contributed by atoms with E-state index < -0.39 is 18.2 Å². The number of imidazole rings is 2. The van der Waals surface area contributed by atoms with Gasteiger partial charge in [0.2, 0.25) is 11.8 Å². The minimum Gasteiger partial charge on any atom is -0.453 e. The number of nitrogens with one attached hydrogen (secondary N) is 4. The van der Waals surface area contributed by atoms with Crippen LogP contribution in [0.1, 0.15) is 74.2 Å². The Labute approximate surface area is 331 Å². The van der Waals surface area contributed by atoms with Crippen LogP contribution in [0.2, 0.25) is 0 Å². The third-order valence-electron chi connectivity index (χ3n) is 12.1. The predicted molar refractivity (Wildman–Crippen MR) is 214 cm³/mol. The second-order valence-corrected chi connectivity index (χ2v) is 15.5. The molecular weight excluding hydrogens is 721 g/mol. The summed E-state index contributed by atoms with van der Waals surface area (Å²) in [7, 11) is 1.26.